The minimum Gasteiger partial charge on any atom is -0.310 e. The van der Waals surface area contributed by atoms with E-state index in [1.54, 1.807) is 9.36 Å². The molecule has 6 nitrogen and oxygen atoms in total. The van der Waals surface area contributed by atoms with Crippen molar-refractivity contribution in [3.63, 3.8) is 0 Å². The van der Waals surface area contributed by atoms with Crippen LogP contribution in [0.2, 0.25) is 0 Å². The Morgan fingerprint density at radius 2 is 1.73 bits per heavy atom. The molecular weight excluding hydrogens is 434 g/mol. The number of para-hydroxylation sites is 1. The second-order valence-electron chi connectivity index (χ2n) is 6.64. The predicted octanol–water partition coefficient (Wildman–Crippen LogP) is 5.20. The molecule has 0 saturated heterocycles. The summed E-state index contributed by atoms with van der Waals surface area (Å²) < 4.78 is 4.86. The lowest BCUT2D eigenvalue weighted by Crippen LogP contribution is -2.17. The van der Waals surface area contributed by atoms with Gasteiger partial charge in [0.1, 0.15) is 5.82 Å². The first-order valence-electron chi connectivity index (χ1n) is 9.21. The standard InChI is InChI=1S/C21H19N5OS3/c1-14-8-10-17(11-9-14)25-18(12-15(2)23-25)22-19(27)13-29-20-24-26(21(28)30-20)16-6-4-3-5-7-16/h3-12H,13H2,1-2H3,(H,22,27). The average molecular weight is 454 g/mol. The zero-order chi connectivity index (χ0) is 21.1. The number of nitrogens with one attached hydrogen (secondary N) is 1. The van der Waals surface area contributed by atoms with E-state index in [4.69, 9.17) is 12.2 Å². The molecule has 0 aliphatic carbocycles. The summed E-state index contributed by atoms with van der Waals surface area (Å²) in [5.41, 5.74) is 3.81. The van der Waals surface area contributed by atoms with Crippen LogP contribution >= 0.6 is 35.3 Å². The van der Waals surface area contributed by atoms with Gasteiger partial charge in [-0.3, -0.25) is 4.79 Å². The molecule has 152 valence electrons. The zero-order valence-corrected chi connectivity index (χ0v) is 18.9. The Balaban J connectivity index is 1.44. The van der Waals surface area contributed by atoms with Gasteiger partial charge in [-0.05, 0) is 50.3 Å². The number of nitrogens with zero attached hydrogens (tertiary/aromatic N) is 4. The van der Waals surface area contributed by atoms with E-state index in [1.807, 2.05) is 74.5 Å². The number of benzene rings is 2. The molecule has 0 radical (unpaired) electrons. The Morgan fingerprint density at radius 3 is 2.47 bits per heavy atom. The van der Waals surface area contributed by atoms with Gasteiger partial charge in [0.2, 0.25) is 5.91 Å². The van der Waals surface area contributed by atoms with Crippen molar-refractivity contribution in [1.82, 2.24) is 19.6 Å². The van der Waals surface area contributed by atoms with Crippen molar-refractivity contribution in [2.45, 2.75) is 18.2 Å². The first-order chi connectivity index (χ1) is 14.5. The molecule has 0 aliphatic heterocycles. The number of carbonyl (C=O) groups excluding carboxylic acids is 1. The molecule has 0 spiro atoms. The third kappa shape index (κ3) is 4.69. The molecule has 1 N–H and O–H groups in total. The maximum Gasteiger partial charge on any atom is 0.235 e. The van der Waals surface area contributed by atoms with Crippen molar-refractivity contribution in [3.8, 4) is 11.4 Å². The molecule has 2 aromatic heterocycles. The number of carbonyl (C=O) groups is 1. The molecule has 2 heterocycles. The molecule has 0 atom stereocenters. The number of hydrogen-bond donors (Lipinski definition) is 1. The van der Waals surface area contributed by atoms with Crippen LogP contribution in [-0.4, -0.2) is 31.2 Å². The fourth-order valence-electron chi connectivity index (χ4n) is 2.83. The van der Waals surface area contributed by atoms with Gasteiger partial charge in [-0.15, -0.1) is 5.10 Å². The fraction of sp³-hybridized carbons (Fsp3) is 0.143. The van der Waals surface area contributed by atoms with Gasteiger partial charge in [-0.1, -0.05) is 59.0 Å². The Hall–Kier alpha value is -2.75. The van der Waals surface area contributed by atoms with Gasteiger partial charge >= 0.3 is 0 Å². The third-order valence-electron chi connectivity index (χ3n) is 4.23. The maximum atomic E-state index is 12.6. The summed E-state index contributed by atoms with van der Waals surface area (Å²) in [4.78, 5) is 12.6. The van der Waals surface area contributed by atoms with E-state index >= 15 is 0 Å². The first-order valence-corrected chi connectivity index (χ1v) is 11.4. The van der Waals surface area contributed by atoms with Crippen LogP contribution in [-0.2, 0) is 4.79 Å². The number of aromatic nitrogens is 4. The summed E-state index contributed by atoms with van der Waals surface area (Å²) in [7, 11) is 0. The highest BCUT2D eigenvalue weighted by Gasteiger charge is 2.13. The van der Waals surface area contributed by atoms with Gasteiger partial charge in [-0.2, -0.15) is 5.10 Å². The van der Waals surface area contributed by atoms with Crippen LogP contribution in [0.15, 0.2) is 65.0 Å². The summed E-state index contributed by atoms with van der Waals surface area (Å²) in [5.74, 6) is 0.750. The van der Waals surface area contributed by atoms with Crippen LogP contribution in [0, 0.1) is 17.8 Å². The molecule has 30 heavy (non-hydrogen) atoms. The van der Waals surface area contributed by atoms with Crippen LogP contribution in [0.1, 0.15) is 11.3 Å². The van der Waals surface area contributed by atoms with Crippen LogP contribution in [0.4, 0.5) is 5.82 Å². The molecule has 0 fully saturated rings. The third-order valence-corrected chi connectivity index (χ3v) is 6.60. The van der Waals surface area contributed by atoms with Crippen molar-refractivity contribution in [2.24, 2.45) is 0 Å². The van der Waals surface area contributed by atoms with Crippen molar-refractivity contribution in [1.29, 1.82) is 0 Å². The topological polar surface area (TPSA) is 64.7 Å². The largest absolute Gasteiger partial charge is 0.310 e. The molecule has 0 unspecified atom stereocenters. The van der Waals surface area contributed by atoms with Gasteiger partial charge in [0.05, 0.1) is 22.8 Å². The van der Waals surface area contributed by atoms with Crippen molar-refractivity contribution in [3.05, 3.63) is 75.9 Å². The number of rotatable bonds is 6. The number of hydrogen-bond acceptors (Lipinski definition) is 6. The molecule has 0 aliphatic rings. The van der Waals surface area contributed by atoms with Crippen LogP contribution in [0.5, 0.6) is 0 Å². The second-order valence-corrected chi connectivity index (χ2v) is 9.48. The summed E-state index contributed by atoms with van der Waals surface area (Å²) in [6.45, 7) is 3.94. The number of anilines is 1. The van der Waals surface area contributed by atoms with Crippen molar-refractivity contribution >= 4 is 47.0 Å². The van der Waals surface area contributed by atoms with Gasteiger partial charge in [0.15, 0.2) is 8.29 Å². The van der Waals surface area contributed by atoms with E-state index in [0.717, 1.165) is 21.4 Å². The molecule has 0 bridgehead atoms. The molecule has 1 amide bonds. The number of thioether (sulfide) groups is 1. The quantitative estimate of drug-likeness (QED) is 0.321. The molecular formula is C21H19N5OS3. The van der Waals surface area contributed by atoms with Gasteiger partial charge < -0.3 is 5.32 Å². The monoisotopic (exact) mass is 453 g/mol. The SMILES string of the molecule is Cc1ccc(-n2nc(C)cc2NC(=O)CSc2nn(-c3ccccc3)c(=S)s2)cc1. The minimum atomic E-state index is -0.124. The van der Waals surface area contributed by atoms with Crippen LogP contribution in [0.3, 0.4) is 0 Å². The number of aryl methyl sites for hydroxylation is 2. The number of amides is 1. The molecule has 0 saturated carbocycles. The average Bonchev–Trinajstić information content (AvgIpc) is 3.29. The normalized spacial score (nSPS) is 10.9. The molecule has 9 heteroatoms. The zero-order valence-electron chi connectivity index (χ0n) is 16.4. The highest BCUT2D eigenvalue weighted by atomic mass is 32.2. The molecule has 2 aromatic carbocycles. The lowest BCUT2D eigenvalue weighted by atomic mass is 10.2. The molecule has 4 aromatic rings. The second kappa shape index (κ2) is 8.95. The highest BCUT2D eigenvalue weighted by Crippen LogP contribution is 2.25. The Bertz CT molecular complexity index is 1230. The smallest absolute Gasteiger partial charge is 0.235 e. The van der Waals surface area contributed by atoms with Gasteiger partial charge in [0.25, 0.3) is 0 Å². The van der Waals surface area contributed by atoms with Crippen molar-refractivity contribution in [2.75, 3.05) is 11.1 Å². The van der Waals surface area contributed by atoms with E-state index < -0.39 is 0 Å². The van der Waals surface area contributed by atoms with E-state index in [9.17, 15) is 4.79 Å². The summed E-state index contributed by atoms with van der Waals surface area (Å²) >= 11 is 8.18. The van der Waals surface area contributed by atoms with Crippen molar-refractivity contribution < 1.29 is 4.79 Å². The fourth-order valence-corrected chi connectivity index (χ4v) is 4.99. The lowest BCUT2D eigenvalue weighted by molar-refractivity contribution is -0.113. The van der Waals surface area contributed by atoms with E-state index in [2.05, 4.69) is 15.5 Å². The highest BCUT2D eigenvalue weighted by molar-refractivity contribution is 8.01. The van der Waals surface area contributed by atoms with E-state index in [-0.39, 0.29) is 11.7 Å². The van der Waals surface area contributed by atoms with Gasteiger partial charge in [0, 0.05) is 6.07 Å². The summed E-state index contributed by atoms with van der Waals surface area (Å²) in [5, 5.41) is 12.0. The van der Waals surface area contributed by atoms with E-state index in [1.165, 1.54) is 28.7 Å². The Labute approximate surface area is 187 Å². The van der Waals surface area contributed by atoms with Crippen LogP contribution < -0.4 is 5.32 Å². The Morgan fingerprint density at radius 1 is 1.03 bits per heavy atom. The summed E-state index contributed by atoms with van der Waals surface area (Å²) in [6, 6.07) is 19.6. The first kappa shape index (κ1) is 20.5. The van der Waals surface area contributed by atoms with Gasteiger partial charge in [-0.25, -0.2) is 9.36 Å². The predicted molar refractivity (Wildman–Crippen MR) is 125 cm³/mol. The van der Waals surface area contributed by atoms with E-state index in [0.29, 0.717) is 9.77 Å². The summed E-state index contributed by atoms with van der Waals surface area (Å²) in [6.07, 6.45) is 0. The maximum absolute atomic E-state index is 12.6. The lowest BCUT2D eigenvalue weighted by Gasteiger charge is -2.09. The van der Waals surface area contributed by atoms with Crippen LogP contribution in [0.25, 0.3) is 11.4 Å². The molecule has 4 rings (SSSR count). The minimum absolute atomic E-state index is 0.124. The Kier molecular flexibility index (Phi) is 6.12.